The maximum atomic E-state index is 12.9. The highest BCUT2D eigenvalue weighted by Crippen LogP contribution is 2.42. The van der Waals surface area contributed by atoms with E-state index in [2.05, 4.69) is 11.0 Å². The number of anilines is 2. The lowest BCUT2D eigenvalue weighted by atomic mass is 10.0. The van der Waals surface area contributed by atoms with E-state index in [1.54, 1.807) is 11.9 Å². The fourth-order valence-electron chi connectivity index (χ4n) is 6.69. The minimum absolute atomic E-state index is 0.0540. The quantitative estimate of drug-likeness (QED) is 0.251. The van der Waals surface area contributed by atoms with Crippen LogP contribution in [0.15, 0.2) is 36.4 Å². The van der Waals surface area contributed by atoms with E-state index in [9.17, 15) is 24.8 Å². The number of rotatable bonds is 8. The molecule has 1 saturated carbocycles. The van der Waals surface area contributed by atoms with Gasteiger partial charge in [-0.25, -0.2) is 9.59 Å². The number of likely N-dealkylation sites (N-methyl/N-ethyl adjacent to an activating group) is 1. The Balaban J connectivity index is 1.34. The van der Waals surface area contributed by atoms with Gasteiger partial charge >= 0.3 is 24.2 Å². The monoisotopic (exact) mass is 685 g/mol. The maximum absolute atomic E-state index is 12.9. The Hall–Kier alpha value is -5.32. The second kappa shape index (κ2) is 13.5. The van der Waals surface area contributed by atoms with Gasteiger partial charge in [-0.1, -0.05) is 24.3 Å². The summed E-state index contributed by atoms with van der Waals surface area (Å²) in [4.78, 5) is 53.7. The first kappa shape index (κ1) is 34.5. The van der Waals surface area contributed by atoms with Gasteiger partial charge in [0.2, 0.25) is 0 Å². The van der Waals surface area contributed by atoms with Crippen LogP contribution in [-0.4, -0.2) is 100 Å². The van der Waals surface area contributed by atoms with Crippen molar-refractivity contribution in [3.8, 4) is 17.8 Å². The van der Waals surface area contributed by atoms with Crippen LogP contribution in [0.25, 0.3) is 10.8 Å². The van der Waals surface area contributed by atoms with Crippen molar-refractivity contribution in [2.75, 3.05) is 49.6 Å². The third-order valence-electron chi connectivity index (χ3n) is 9.47. The Bertz CT molecular complexity index is 1850. The highest BCUT2D eigenvalue weighted by molar-refractivity contribution is 5.96. The SMILES string of the molecule is CC(=O)Oc1cc(N2CCc3c(nc(OCC4(N(C)C(=O)OC(C)(C)C)CC4)nc3N3CCN(C(=O)O)C(CC#N)C3)C2)c2ccccc2c1. The summed E-state index contributed by atoms with van der Waals surface area (Å²) in [6, 6.07) is 13.4. The minimum Gasteiger partial charge on any atom is -0.465 e. The summed E-state index contributed by atoms with van der Waals surface area (Å²) in [6.07, 6.45) is 0.647. The van der Waals surface area contributed by atoms with E-state index >= 15 is 0 Å². The fraction of sp³-hybridized carbons (Fsp3) is 0.500. The Morgan fingerprint density at radius 1 is 1.10 bits per heavy atom. The molecule has 14 heteroatoms. The van der Waals surface area contributed by atoms with Gasteiger partial charge in [-0.2, -0.15) is 15.2 Å². The molecule has 1 aromatic heterocycles. The molecule has 3 heterocycles. The molecule has 0 spiro atoms. The van der Waals surface area contributed by atoms with E-state index in [0.717, 1.165) is 40.6 Å². The van der Waals surface area contributed by atoms with Gasteiger partial charge in [-0.3, -0.25) is 4.79 Å². The summed E-state index contributed by atoms with van der Waals surface area (Å²) in [7, 11) is 1.72. The number of carbonyl (C=O) groups excluding carboxylic acids is 2. The number of nitrogens with zero attached hydrogens (tertiary/aromatic N) is 7. The van der Waals surface area contributed by atoms with Gasteiger partial charge in [0.25, 0.3) is 0 Å². The van der Waals surface area contributed by atoms with Crippen LogP contribution in [0.2, 0.25) is 0 Å². The second-order valence-electron chi connectivity index (χ2n) is 14.2. The highest BCUT2D eigenvalue weighted by Gasteiger charge is 2.51. The molecule has 3 aliphatic rings. The molecule has 2 amide bonds. The number of amides is 2. The van der Waals surface area contributed by atoms with Crippen LogP contribution >= 0.6 is 0 Å². The van der Waals surface area contributed by atoms with E-state index in [1.165, 1.54) is 11.8 Å². The van der Waals surface area contributed by atoms with Gasteiger partial charge in [0.05, 0.1) is 36.3 Å². The molecule has 6 rings (SSSR count). The maximum Gasteiger partial charge on any atom is 0.410 e. The van der Waals surface area contributed by atoms with Crippen molar-refractivity contribution in [3.05, 3.63) is 47.7 Å². The topological polar surface area (TPSA) is 162 Å². The highest BCUT2D eigenvalue weighted by atomic mass is 16.6. The van der Waals surface area contributed by atoms with Crippen LogP contribution in [-0.2, 0) is 22.5 Å². The largest absolute Gasteiger partial charge is 0.465 e. The molecule has 2 fully saturated rings. The lowest BCUT2D eigenvalue weighted by Gasteiger charge is -2.41. The molecule has 2 aliphatic heterocycles. The van der Waals surface area contributed by atoms with Gasteiger partial charge in [0.1, 0.15) is 23.8 Å². The number of nitriles is 1. The molecule has 2 aromatic carbocycles. The smallest absolute Gasteiger partial charge is 0.410 e. The Kier molecular flexibility index (Phi) is 9.35. The molecule has 1 saturated heterocycles. The average Bonchev–Trinajstić information content (AvgIpc) is 3.86. The average molecular weight is 686 g/mol. The van der Waals surface area contributed by atoms with Crippen LogP contribution in [0.3, 0.4) is 0 Å². The van der Waals surface area contributed by atoms with Gasteiger partial charge in [0, 0.05) is 62.9 Å². The molecule has 1 atom stereocenters. The van der Waals surface area contributed by atoms with Crippen molar-refractivity contribution < 1.29 is 33.7 Å². The van der Waals surface area contributed by atoms with Crippen LogP contribution in [0, 0.1) is 11.3 Å². The number of hydrogen-bond donors (Lipinski definition) is 1. The molecular formula is C36H43N7O7. The summed E-state index contributed by atoms with van der Waals surface area (Å²) < 4.78 is 17.4. The van der Waals surface area contributed by atoms with Crippen molar-refractivity contribution in [1.29, 1.82) is 5.26 Å². The number of esters is 1. The third-order valence-corrected chi connectivity index (χ3v) is 9.47. The Morgan fingerprint density at radius 3 is 2.54 bits per heavy atom. The molecule has 14 nitrogen and oxygen atoms in total. The number of piperazine rings is 1. The fourth-order valence-corrected chi connectivity index (χ4v) is 6.69. The van der Waals surface area contributed by atoms with Gasteiger partial charge < -0.3 is 38.9 Å². The van der Waals surface area contributed by atoms with Crippen molar-refractivity contribution >= 4 is 40.4 Å². The van der Waals surface area contributed by atoms with Crippen molar-refractivity contribution in [2.24, 2.45) is 0 Å². The number of ether oxygens (including phenoxy) is 3. The Labute approximate surface area is 291 Å². The first-order chi connectivity index (χ1) is 23.8. The number of carbonyl (C=O) groups is 3. The lowest BCUT2D eigenvalue weighted by Crippen LogP contribution is -2.55. The van der Waals surface area contributed by atoms with E-state index in [-0.39, 0.29) is 25.6 Å². The molecule has 1 unspecified atom stereocenters. The van der Waals surface area contributed by atoms with Crippen LogP contribution in [0.1, 0.15) is 58.2 Å². The van der Waals surface area contributed by atoms with Crippen LogP contribution in [0.5, 0.6) is 11.8 Å². The normalized spacial score (nSPS) is 18.2. The number of hydrogen-bond acceptors (Lipinski definition) is 11. The Morgan fingerprint density at radius 2 is 1.86 bits per heavy atom. The van der Waals surface area contributed by atoms with E-state index in [4.69, 9.17) is 24.2 Å². The number of benzene rings is 2. The van der Waals surface area contributed by atoms with E-state index < -0.39 is 35.3 Å². The first-order valence-electron chi connectivity index (χ1n) is 16.8. The third kappa shape index (κ3) is 7.31. The summed E-state index contributed by atoms with van der Waals surface area (Å²) in [5.74, 6) is 0.701. The van der Waals surface area contributed by atoms with Crippen molar-refractivity contribution in [3.63, 3.8) is 0 Å². The molecule has 264 valence electrons. The molecule has 0 bridgehead atoms. The van der Waals surface area contributed by atoms with Crippen LogP contribution < -0.4 is 19.3 Å². The van der Waals surface area contributed by atoms with Gasteiger partial charge in [-0.05, 0) is 51.5 Å². The van der Waals surface area contributed by atoms with Crippen LogP contribution in [0.4, 0.5) is 21.1 Å². The first-order valence-corrected chi connectivity index (χ1v) is 16.8. The van der Waals surface area contributed by atoms with E-state index in [0.29, 0.717) is 44.2 Å². The summed E-state index contributed by atoms with van der Waals surface area (Å²) in [6.45, 7) is 8.97. The molecular weight excluding hydrogens is 642 g/mol. The number of carboxylic acid groups (broad SMARTS) is 1. The predicted octanol–water partition coefficient (Wildman–Crippen LogP) is 4.98. The zero-order chi connectivity index (χ0) is 35.8. The lowest BCUT2D eigenvalue weighted by molar-refractivity contribution is -0.131. The molecule has 0 radical (unpaired) electrons. The molecule has 3 aromatic rings. The summed E-state index contributed by atoms with van der Waals surface area (Å²) in [5, 5.41) is 21.2. The molecule has 50 heavy (non-hydrogen) atoms. The standard InChI is InChI=1S/C36H43N7O7/c1-23(44)49-26-18-24-8-6-7-9-27(24)30(19-26)41-15-11-28-29(21-41)38-32(48-22-36(12-13-36)40(5)34(47)50-35(2,3)4)39-31(28)42-16-17-43(33(45)46)25(20-42)10-14-37/h6-9,18-19,25H,10-13,15-17,20-22H2,1-5H3,(H,45,46). The van der Waals surface area contributed by atoms with Crippen molar-refractivity contribution in [1.82, 2.24) is 19.8 Å². The molecule has 1 aliphatic carbocycles. The van der Waals surface area contributed by atoms with E-state index in [1.807, 2.05) is 62.1 Å². The predicted molar refractivity (Wildman–Crippen MR) is 184 cm³/mol. The summed E-state index contributed by atoms with van der Waals surface area (Å²) >= 11 is 0. The second-order valence-corrected chi connectivity index (χ2v) is 14.2. The summed E-state index contributed by atoms with van der Waals surface area (Å²) in [5.41, 5.74) is 1.39. The minimum atomic E-state index is -1.05. The number of aromatic nitrogens is 2. The zero-order valence-electron chi connectivity index (χ0n) is 29.1. The zero-order valence-corrected chi connectivity index (χ0v) is 29.1. The van der Waals surface area contributed by atoms with Gasteiger partial charge in [-0.15, -0.1) is 0 Å². The number of fused-ring (bicyclic) bond motifs is 2. The van der Waals surface area contributed by atoms with Gasteiger partial charge in [0.15, 0.2) is 0 Å². The molecule has 1 N–H and O–H groups in total. The van der Waals surface area contributed by atoms with Crippen molar-refractivity contribution in [2.45, 2.75) is 77.1 Å².